The molecule has 0 spiro atoms. The molecule has 1 amide bonds. The zero-order chi connectivity index (χ0) is 21.7. The molecule has 30 heavy (non-hydrogen) atoms. The molecule has 0 aliphatic heterocycles. The van der Waals surface area contributed by atoms with Crippen molar-refractivity contribution in [1.29, 1.82) is 0 Å². The zero-order valence-corrected chi connectivity index (χ0v) is 16.3. The minimum Gasteiger partial charge on any atom is -0.444 e. The van der Waals surface area contributed by atoms with Gasteiger partial charge in [0.25, 0.3) is 0 Å². The maximum absolute atomic E-state index is 14.4. The van der Waals surface area contributed by atoms with Crippen LogP contribution in [0.2, 0.25) is 0 Å². The fourth-order valence-corrected chi connectivity index (χ4v) is 4.20. The molecule has 3 N–H and O–H groups in total. The molecule has 0 saturated heterocycles. The lowest BCUT2D eigenvalue weighted by Gasteiger charge is -2.12. The first kappa shape index (κ1) is 21.5. The summed E-state index contributed by atoms with van der Waals surface area (Å²) in [6, 6.07) is 17.1. The summed E-state index contributed by atoms with van der Waals surface area (Å²) in [5, 5.41) is 21.0. The number of sulfone groups is 1. The Morgan fingerprint density at radius 1 is 1.00 bits per heavy atom. The molecule has 0 unspecified atom stereocenters. The highest BCUT2D eigenvalue weighted by Gasteiger charge is 2.27. The van der Waals surface area contributed by atoms with Crippen molar-refractivity contribution in [2.45, 2.75) is 16.4 Å². The minimum absolute atomic E-state index is 0.0129. The summed E-state index contributed by atoms with van der Waals surface area (Å²) in [5.41, 5.74) is 0.256. The van der Waals surface area contributed by atoms with Crippen molar-refractivity contribution in [2.24, 2.45) is 0 Å². The predicted molar refractivity (Wildman–Crippen MR) is 108 cm³/mol. The number of anilines is 1. The molecule has 0 aromatic heterocycles. The van der Waals surface area contributed by atoms with Gasteiger partial charge >= 0.3 is 13.2 Å². The average molecular weight is 429 g/mol. The second-order valence-electron chi connectivity index (χ2n) is 6.24. The number of nitrogens with one attached hydrogen (secondary N) is 1. The van der Waals surface area contributed by atoms with E-state index < -0.39 is 33.8 Å². The monoisotopic (exact) mass is 429 g/mol. The van der Waals surface area contributed by atoms with Crippen molar-refractivity contribution in [1.82, 2.24) is 0 Å². The fraction of sp³-hybridized carbons (Fsp3) is 0.0500. The lowest BCUT2D eigenvalue weighted by molar-refractivity contribution is 0.155. The number of carbonyl (C=O) groups excluding carboxylic acids is 1. The highest BCUT2D eigenvalue weighted by Crippen LogP contribution is 2.24. The van der Waals surface area contributed by atoms with Gasteiger partial charge in [-0.1, -0.05) is 48.5 Å². The SMILES string of the molecule is O=C(Nc1ccc(S(=O)(=O)c2ccccc2B(O)O)cc1F)OCc1ccccc1. The topological polar surface area (TPSA) is 113 Å². The Morgan fingerprint density at radius 2 is 1.67 bits per heavy atom. The molecule has 3 aromatic rings. The number of amides is 1. The molecule has 0 aliphatic rings. The van der Waals surface area contributed by atoms with E-state index in [-0.39, 0.29) is 22.7 Å². The molecule has 0 radical (unpaired) electrons. The van der Waals surface area contributed by atoms with E-state index in [1.54, 1.807) is 24.3 Å². The normalized spacial score (nSPS) is 11.0. The Labute approximate surface area is 172 Å². The van der Waals surface area contributed by atoms with E-state index in [1.807, 2.05) is 6.07 Å². The van der Waals surface area contributed by atoms with Gasteiger partial charge in [0, 0.05) is 5.46 Å². The van der Waals surface area contributed by atoms with Gasteiger partial charge in [-0.05, 0) is 29.8 Å². The maximum atomic E-state index is 14.4. The Balaban J connectivity index is 1.77. The number of benzene rings is 3. The van der Waals surface area contributed by atoms with Crippen LogP contribution in [-0.2, 0) is 21.2 Å². The van der Waals surface area contributed by atoms with Crippen molar-refractivity contribution < 1.29 is 32.4 Å². The van der Waals surface area contributed by atoms with Crippen molar-refractivity contribution >= 4 is 34.2 Å². The van der Waals surface area contributed by atoms with E-state index in [2.05, 4.69) is 5.32 Å². The molecule has 0 heterocycles. The summed E-state index contributed by atoms with van der Waals surface area (Å²) in [6.07, 6.45) is -0.901. The summed E-state index contributed by atoms with van der Waals surface area (Å²) in [7, 11) is -6.25. The molecule has 0 saturated carbocycles. The van der Waals surface area contributed by atoms with Crippen LogP contribution in [0, 0.1) is 5.82 Å². The van der Waals surface area contributed by atoms with Gasteiger partial charge in [0.15, 0.2) is 0 Å². The summed E-state index contributed by atoms with van der Waals surface area (Å²) < 4.78 is 45.1. The van der Waals surface area contributed by atoms with E-state index in [1.165, 1.54) is 24.3 Å². The highest BCUT2D eigenvalue weighted by molar-refractivity contribution is 7.91. The second-order valence-corrected chi connectivity index (χ2v) is 8.16. The van der Waals surface area contributed by atoms with Gasteiger partial charge in [-0.2, -0.15) is 0 Å². The Kier molecular flexibility index (Phi) is 6.51. The third kappa shape index (κ3) is 4.85. The highest BCUT2D eigenvalue weighted by atomic mass is 32.2. The number of halogens is 1. The van der Waals surface area contributed by atoms with Gasteiger partial charge < -0.3 is 14.8 Å². The molecular weight excluding hydrogens is 412 g/mol. The van der Waals surface area contributed by atoms with Crippen LogP contribution in [0.25, 0.3) is 0 Å². The molecule has 0 fully saturated rings. The van der Waals surface area contributed by atoms with Gasteiger partial charge in [0.2, 0.25) is 9.84 Å². The summed E-state index contributed by atoms with van der Waals surface area (Å²) in [5.74, 6) is -0.991. The number of carbonyl (C=O) groups is 1. The van der Waals surface area contributed by atoms with Gasteiger partial charge in [-0.25, -0.2) is 17.6 Å². The molecule has 154 valence electrons. The van der Waals surface area contributed by atoms with E-state index in [4.69, 9.17) is 4.74 Å². The molecule has 0 aliphatic carbocycles. The third-order valence-electron chi connectivity index (χ3n) is 4.19. The molecule has 7 nitrogen and oxygen atoms in total. The lowest BCUT2D eigenvalue weighted by Crippen LogP contribution is -2.34. The van der Waals surface area contributed by atoms with E-state index in [9.17, 15) is 27.7 Å². The van der Waals surface area contributed by atoms with Gasteiger partial charge in [-0.3, -0.25) is 5.32 Å². The minimum atomic E-state index is -4.23. The van der Waals surface area contributed by atoms with Crippen molar-refractivity contribution in [3.63, 3.8) is 0 Å². The molecule has 0 atom stereocenters. The molecular formula is C20H17BFNO6S. The van der Waals surface area contributed by atoms with Gasteiger partial charge in [-0.15, -0.1) is 0 Å². The van der Waals surface area contributed by atoms with E-state index in [0.717, 1.165) is 23.8 Å². The standard InChI is InChI=1S/C20H17BFNO6S/c22-17-12-15(30(27,28)19-9-5-4-8-16(19)21(25)26)10-11-18(17)23-20(24)29-13-14-6-2-1-3-7-14/h1-12,25-26H,13H2,(H,23,24). The zero-order valence-electron chi connectivity index (χ0n) is 15.5. The number of rotatable bonds is 6. The average Bonchev–Trinajstić information content (AvgIpc) is 2.74. The smallest absolute Gasteiger partial charge is 0.444 e. The number of hydrogen-bond donors (Lipinski definition) is 3. The van der Waals surface area contributed by atoms with Crippen LogP contribution in [0.15, 0.2) is 82.6 Å². The van der Waals surface area contributed by atoms with Gasteiger partial charge in [0.1, 0.15) is 12.4 Å². The van der Waals surface area contributed by atoms with Crippen molar-refractivity contribution in [3.05, 3.63) is 84.2 Å². The van der Waals surface area contributed by atoms with Crippen molar-refractivity contribution in [3.8, 4) is 0 Å². The number of hydrogen-bond acceptors (Lipinski definition) is 6. The molecule has 3 rings (SSSR count). The third-order valence-corrected chi connectivity index (χ3v) is 6.01. The first-order chi connectivity index (χ1) is 14.3. The first-order valence-corrected chi connectivity index (χ1v) is 10.2. The van der Waals surface area contributed by atoms with Crippen LogP contribution in [-0.4, -0.2) is 31.7 Å². The quantitative estimate of drug-likeness (QED) is 0.518. The van der Waals surface area contributed by atoms with Gasteiger partial charge in [0.05, 0.1) is 15.5 Å². The van der Waals surface area contributed by atoms with Crippen LogP contribution in [0.4, 0.5) is 14.9 Å². The Bertz CT molecular complexity index is 1150. The maximum Gasteiger partial charge on any atom is 0.489 e. The van der Waals surface area contributed by atoms with Crippen LogP contribution in [0.3, 0.4) is 0 Å². The number of ether oxygens (including phenoxy) is 1. The molecule has 3 aromatic carbocycles. The summed E-state index contributed by atoms with van der Waals surface area (Å²) in [4.78, 5) is 11.1. The molecule has 10 heteroatoms. The predicted octanol–water partition coefficient (Wildman–Crippen LogP) is 2.09. The second kappa shape index (κ2) is 9.08. The first-order valence-electron chi connectivity index (χ1n) is 8.76. The van der Waals surface area contributed by atoms with Crippen LogP contribution in [0.1, 0.15) is 5.56 Å². The largest absolute Gasteiger partial charge is 0.489 e. The lowest BCUT2D eigenvalue weighted by atomic mass is 9.80. The van der Waals surface area contributed by atoms with E-state index in [0.29, 0.717) is 0 Å². The fourth-order valence-electron chi connectivity index (χ4n) is 2.70. The molecule has 0 bridgehead atoms. The van der Waals surface area contributed by atoms with Crippen molar-refractivity contribution in [2.75, 3.05) is 5.32 Å². The summed E-state index contributed by atoms with van der Waals surface area (Å²) >= 11 is 0. The van der Waals surface area contributed by atoms with E-state index >= 15 is 0 Å². The van der Waals surface area contributed by atoms with Crippen LogP contribution >= 0.6 is 0 Å². The summed E-state index contributed by atoms with van der Waals surface area (Å²) in [6.45, 7) is -0.0129. The van der Waals surface area contributed by atoms with Crippen LogP contribution < -0.4 is 10.8 Å². The Morgan fingerprint density at radius 3 is 2.33 bits per heavy atom. The Hall–Kier alpha value is -3.21. The van der Waals surface area contributed by atoms with Crippen LogP contribution in [0.5, 0.6) is 0 Å².